The highest BCUT2D eigenvalue weighted by molar-refractivity contribution is 5.80. The fourth-order valence-electron chi connectivity index (χ4n) is 3.76. The van der Waals surface area contributed by atoms with Crippen molar-refractivity contribution in [3.05, 3.63) is 29.8 Å². The van der Waals surface area contributed by atoms with E-state index in [2.05, 4.69) is 25.8 Å². The minimum Gasteiger partial charge on any atom is -0.484 e. The highest BCUT2D eigenvalue weighted by atomic mass is 16.5. The molecule has 0 unspecified atom stereocenters. The predicted octanol–water partition coefficient (Wildman–Crippen LogP) is 1.31. The molecule has 0 radical (unpaired) electrons. The van der Waals surface area contributed by atoms with Gasteiger partial charge in [0.2, 0.25) is 5.91 Å². The fourth-order valence-corrected chi connectivity index (χ4v) is 3.76. The molecular weight excluding hydrogens is 394 g/mol. The topological polar surface area (TPSA) is 95.1 Å². The van der Waals surface area contributed by atoms with Crippen LogP contribution in [0.5, 0.6) is 5.75 Å². The van der Waals surface area contributed by atoms with E-state index in [9.17, 15) is 9.59 Å². The van der Waals surface area contributed by atoms with E-state index < -0.39 is 0 Å². The molecule has 8 heteroatoms. The van der Waals surface area contributed by atoms with Crippen LogP contribution in [0, 0.1) is 5.92 Å². The maximum absolute atomic E-state index is 11.7. The summed E-state index contributed by atoms with van der Waals surface area (Å²) in [4.78, 5) is 30.0. The molecule has 3 rings (SSSR count). The number of amides is 2. The van der Waals surface area contributed by atoms with Gasteiger partial charge in [-0.15, -0.1) is 0 Å². The zero-order valence-corrected chi connectivity index (χ0v) is 18.7. The number of carbonyl (C=O) groups excluding carboxylic acids is 2. The lowest BCUT2D eigenvalue weighted by molar-refractivity contribution is -0.123. The van der Waals surface area contributed by atoms with Crippen LogP contribution in [0.3, 0.4) is 0 Å². The van der Waals surface area contributed by atoms with E-state index in [0.29, 0.717) is 24.1 Å². The average Bonchev–Trinajstić information content (AvgIpc) is 3.60. The van der Waals surface area contributed by atoms with Crippen molar-refractivity contribution in [2.45, 2.75) is 44.6 Å². The highest BCUT2D eigenvalue weighted by Crippen LogP contribution is 2.20. The first-order valence-corrected chi connectivity index (χ1v) is 11.2. The molecule has 1 saturated carbocycles. The van der Waals surface area contributed by atoms with Gasteiger partial charge >= 0.3 is 0 Å². The van der Waals surface area contributed by atoms with Gasteiger partial charge in [-0.25, -0.2) is 0 Å². The fraction of sp³-hybridized carbons (Fsp3) is 0.609. The molecule has 2 aliphatic rings. The van der Waals surface area contributed by atoms with Crippen LogP contribution in [0.25, 0.3) is 0 Å². The van der Waals surface area contributed by atoms with Crippen LogP contribution in [-0.2, 0) is 16.0 Å². The smallest absolute Gasteiger partial charge is 0.258 e. The first kappa shape index (κ1) is 22.9. The summed E-state index contributed by atoms with van der Waals surface area (Å²) in [5.74, 6) is 2.15. The lowest BCUT2D eigenvalue weighted by Crippen LogP contribution is -2.46. The van der Waals surface area contributed by atoms with Gasteiger partial charge in [0.15, 0.2) is 12.6 Å². The Bertz CT molecular complexity index is 753. The van der Waals surface area contributed by atoms with E-state index in [-0.39, 0.29) is 18.4 Å². The van der Waals surface area contributed by atoms with Crippen molar-refractivity contribution in [2.24, 2.45) is 10.9 Å². The van der Waals surface area contributed by atoms with Crippen molar-refractivity contribution in [1.29, 1.82) is 0 Å². The predicted molar refractivity (Wildman–Crippen MR) is 121 cm³/mol. The molecule has 3 N–H and O–H groups in total. The molecular formula is C23H35N5O3. The van der Waals surface area contributed by atoms with Crippen molar-refractivity contribution in [2.75, 3.05) is 40.3 Å². The number of rotatable bonds is 9. The summed E-state index contributed by atoms with van der Waals surface area (Å²) in [6.45, 7) is 2.69. The number of aliphatic imine (C=N–C) groups is 1. The Morgan fingerprint density at radius 3 is 2.42 bits per heavy atom. The zero-order valence-electron chi connectivity index (χ0n) is 18.7. The lowest BCUT2D eigenvalue weighted by atomic mass is 9.93. The Labute approximate surface area is 184 Å². The molecule has 1 aliphatic carbocycles. The second-order valence-corrected chi connectivity index (χ2v) is 8.31. The normalized spacial score (nSPS) is 17.2. The quantitative estimate of drug-likeness (QED) is 0.406. The van der Waals surface area contributed by atoms with Crippen molar-refractivity contribution in [3.8, 4) is 5.75 Å². The summed E-state index contributed by atoms with van der Waals surface area (Å²) < 4.78 is 5.55. The van der Waals surface area contributed by atoms with E-state index in [1.807, 2.05) is 31.3 Å². The number of hydrogen-bond donors (Lipinski definition) is 3. The van der Waals surface area contributed by atoms with E-state index in [1.54, 1.807) is 7.05 Å². The van der Waals surface area contributed by atoms with Gasteiger partial charge in [-0.3, -0.25) is 14.6 Å². The molecule has 0 spiro atoms. The van der Waals surface area contributed by atoms with Gasteiger partial charge in [0.1, 0.15) is 5.75 Å². The highest BCUT2D eigenvalue weighted by Gasteiger charge is 2.24. The van der Waals surface area contributed by atoms with Gasteiger partial charge < -0.3 is 25.6 Å². The molecule has 2 fully saturated rings. The van der Waals surface area contributed by atoms with Crippen molar-refractivity contribution < 1.29 is 14.3 Å². The maximum atomic E-state index is 11.7. The SMILES string of the molecule is CN=C(NCCc1ccc(OCC(=O)NC2CC2)cc1)N1CCC(CC(=O)NC)CC1. The molecule has 1 aromatic carbocycles. The number of guanidine groups is 1. The maximum Gasteiger partial charge on any atom is 0.258 e. The summed E-state index contributed by atoms with van der Waals surface area (Å²) >= 11 is 0. The Morgan fingerprint density at radius 1 is 1.10 bits per heavy atom. The Balaban J connectivity index is 1.34. The molecule has 31 heavy (non-hydrogen) atoms. The summed E-state index contributed by atoms with van der Waals surface area (Å²) in [5, 5.41) is 9.07. The number of nitrogens with one attached hydrogen (secondary N) is 3. The van der Waals surface area contributed by atoms with Gasteiger partial charge in [0.25, 0.3) is 5.91 Å². The van der Waals surface area contributed by atoms with Crippen LogP contribution in [0.2, 0.25) is 0 Å². The molecule has 1 aromatic rings. The largest absolute Gasteiger partial charge is 0.484 e. The van der Waals surface area contributed by atoms with Crippen LogP contribution in [0.1, 0.15) is 37.7 Å². The van der Waals surface area contributed by atoms with Crippen LogP contribution in [-0.4, -0.2) is 69.1 Å². The van der Waals surface area contributed by atoms with Crippen molar-refractivity contribution in [3.63, 3.8) is 0 Å². The zero-order chi connectivity index (χ0) is 22.1. The third-order valence-corrected chi connectivity index (χ3v) is 5.81. The number of nitrogens with zero attached hydrogens (tertiary/aromatic N) is 2. The van der Waals surface area contributed by atoms with E-state index >= 15 is 0 Å². The summed E-state index contributed by atoms with van der Waals surface area (Å²) in [5.41, 5.74) is 1.20. The minimum atomic E-state index is -0.0557. The standard InChI is InChI=1S/C23H35N5O3/c1-24-21(29)15-18-10-13-28(14-11-18)23(25-2)26-12-9-17-3-7-20(8-4-17)31-16-22(30)27-19-5-6-19/h3-4,7-8,18-19H,5-6,9-16H2,1-2H3,(H,24,29)(H,25,26)(H,27,30). The monoisotopic (exact) mass is 429 g/mol. The number of hydrogen-bond acceptors (Lipinski definition) is 4. The molecule has 0 bridgehead atoms. The van der Waals surface area contributed by atoms with Gasteiger partial charge in [-0.2, -0.15) is 0 Å². The second kappa shape index (κ2) is 11.6. The molecule has 1 saturated heterocycles. The van der Waals surface area contributed by atoms with E-state index in [1.165, 1.54) is 5.56 Å². The summed E-state index contributed by atoms with van der Waals surface area (Å²) in [6, 6.07) is 8.24. The third kappa shape index (κ3) is 7.77. The number of likely N-dealkylation sites (tertiary alicyclic amines) is 1. The van der Waals surface area contributed by atoms with Crippen LogP contribution in [0.15, 0.2) is 29.3 Å². The van der Waals surface area contributed by atoms with Crippen LogP contribution >= 0.6 is 0 Å². The number of carbonyl (C=O) groups is 2. The molecule has 0 atom stereocenters. The van der Waals surface area contributed by atoms with Crippen molar-refractivity contribution in [1.82, 2.24) is 20.9 Å². The number of ether oxygens (including phenoxy) is 1. The van der Waals surface area contributed by atoms with Gasteiger partial charge in [-0.05, 0) is 55.7 Å². The minimum absolute atomic E-state index is 0.0557. The first-order chi connectivity index (χ1) is 15.1. The summed E-state index contributed by atoms with van der Waals surface area (Å²) in [6.07, 6.45) is 5.65. The van der Waals surface area contributed by atoms with Gasteiger partial charge in [-0.1, -0.05) is 12.1 Å². The second-order valence-electron chi connectivity index (χ2n) is 8.31. The van der Waals surface area contributed by atoms with Gasteiger partial charge in [0, 0.05) is 46.2 Å². The first-order valence-electron chi connectivity index (χ1n) is 11.2. The van der Waals surface area contributed by atoms with Crippen molar-refractivity contribution >= 4 is 17.8 Å². The molecule has 170 valence electrons. The van der Waals surface area contributed by atoms with Gasteiger partial charge in [0.05, 0.1) is 0 Å². The molecule has 1 aliphatic heterocycles. The molecule has 8 nitrogen and oxygen atoms in total. The number of benzene rings is 1. The number of piperidine rings is 1. The lowest BCUT2D eigenvalue weighted by Gasteiger charge is -2.34. The summed E-state index contributed by atoms with van der Waals surface area (Å²) in [7, 11) is 3.50. The third-order valence-electron chi connectivity index (χ3n) is 5.81. The Hall–Kier alpha value is -2.77. The Kier molecular flexibility index (Phi) is 8.55. The molecule has 1 heterocycles. The average molecular weight is 430 g/mol. The molecule has 0 aromatic heterocycles. The van der Waals surface area contributed by atoms with Crippen LogP contribution < -0.4 is 20.7 Å². The Morgan fingerprint density at radius 2 is 1.81 bits per heavy atom. The molecule has 2 amide bonds. The van der Waals surface area contributed by atoms with E-state index in [0.717, 1.165) is 57.7 Å². The van der Waals surface area contributed by atoms with Crippen LogP contribution in [0.4, 0.5) is 0 Å². The van der Waals surface area contributed by atoms with E-state index in [4.69, 9.17) is 4.74 Å².